The van der Waals surface area contributed by atoms with Crippen LogP contribution in [0.15, 0.2) is 30.3 Å². The number of nitrogens with one attached hydrogen (secondary N) is 1. The molecule has 1 aromatic carbocycles. The van der Waals surface area contributed by atoms with Crippen molar-refractivity contribution in [1.82, 2.24) is 5.43 Å². The van der Waals surface area contributed by atoms with Gasteiger partial charge in [0.25, 0.3) is 0 Å². The zero-order valence-corrected chi connectivity index (χ0v) is 8.62. The summed E-state index contributed by atoms with van der Waals surface area (Å²) in [6.45, 7) is 0.0144. The highest BCUT2D eigenvalue weighted by atomic mass is 16.7. The minimum absolute atomic E-state index is 0.0144. The van der Waals surface area contributed by atoms with Gasteiger partial charge in [-0.15, -0.1) is 0 Å². The minimum atomic E-state index is -1.07. The average molecular weight is 228 g/mol. The number of carbonyl (C=O) groups is 1. The van der Waals surface area contributed by atoms with Crippen LogP contribution >= 0.6 is 0 Å². The Labute approximate surface area is 91.8 Å². The Hall–Kier alpha value is -2.15. The van der Waals surface area contributed by atoms with Crippen molar-refractivity contribution in [3.63, 3.8) is 0 Å². The molecule has 0 unspecified atom stereocenters. The fourth-order valence-electron chi connectivity index (χ4n) is 0.830. The Morgan fingerprint density at radius 3 is 2.50 bits per heavy atom. The van der Waals surface area contributed by atoms with Crippen molar-refractivity contribution in [2.24, 2.45) is 0 Å². The quantitative estimate of drug-likeness (QED) is 0.586. The highest BCUT2D eigenvalue weighted by molar-refractivity contribution is 5.65. The molecule has 0 spiro atoms. The molecule has 0 radical (unpaired) electrons. The van der Waals surface area contributed by atoms with Crippen LogP contribution < -0.4 is 5.43 Å². The monoisotopic (exact) mass is 228 g/mol. The number of aliphatic hydroxyl groups excluding tert-OH is 1. The molecular weight excluding hydrogens is 216 g/mol. The molecule has 16 heavy (non-hydrogen) atoms. The van der Waals surface area contributed by atoms with E-state index in [1.165, 1.54) is 5.43 Å². The van der Waals surface area contributed by atoms with E-state index in [0.29, 0.717) is 0 Å². The van der Waals surface area contributed by atoms with Gasteiger partial charge in [0.1, 0.15) is 6.61 Å². The molecule has 0 atom stereocenters. The summed E-state index contributed by atoms with van der Waals surface area (Å²) < 4.78 is 4.55. The molecule has 0 fully saturated rings. The Balaban J connectivity index is 0.00000106. The second-order valence-electron chi connectivity index (χ2n) is 2.43. The number of aliphatic hydroxyl groups is 1. The van der Waals surface area contributed by atoms with Crippen LogP contribution in [0.5, 0.6) is 0 Å². The van der Waals surface area contributed by atoms with Gasteiger partial charge in [-0.3, -0.25) is 0 Å². The molecule has 0 bridgehead atoms. The summed E-state index contributed by atoms with van der Waals surface area (Å²) in [6.07, 6.45) is -1.07. The SMILES string of the molecule is CO.O=C(N[N+](=O)[O-])OCc1ccccc1. The van der Waals surface area contributed by atoms with E-state index in [1.807, 2.05) is 6.07 Å². The summed E-state index contributed by atoms with van der Waals surface area (Å²) in [5.41, 5.74) is 2.14. The van der Waals surface area contributed by atoms with Crippen LogP contribution in [-0.2, 0) is 11.3 Å². The third-order valence-corrected chi connectivity index (χ3v) is 1.40. The number of carbonyl (C=O) groups excluding carboxylic acids is 1. The Bertz CT molecular complexity index is 328. The second-order valence-corrected chi connectivity index (χ2v) is 2.43. The molecule has 7 nitrogen and oxygen atoms in total. The maximum absolute atomic E-state index is 10.7. The molecule has 1 rings (SSSR count). The molecule has 1 aromatic rings. The fraction of sp³-hybridized carbons (Fsp3) is 0.222. The largest absolute Gasteiger partial charge is 0.465 e. The lowest BCUT2D eigenvalue weighted by Crippen LogP contribution is -2.29. The van der Waals surface area contributed by atoms with Crippen molar-refractivity contribution in [2.75, 3.05) is 7.11 Å². The number of nitro groups is 1. The Morgan fingerprint density at radius 1 is 1.44 bits per heavy atom. The smallest absolute Gasteiger partial charge is 0.441 e. The maximum atomic E-state index is 10.7. The lowest BCUT2D eigenvalue weighted by atomic mass is 10.2. The summed E-state index contributed by atoms with van der Waals surface area (Å²) in [5, 5.41) is 15.8. The van der Waals surface area contributed by atoms with E-state index in [-0.39, 0.29) is 6.61 Å². The zero-order chi connectivity index (χ0) is 12.4. The van der Waals surface area contributed by atoms with Crippen LogP contribution in [0.25, 0.3) is 0 Å². The number of amides is 1. The van der Waals surface area contributed by atoms with E-state index in [9.17, 15) is 14.9 Å². The zero-order valence-electron chi connectivity index (χ0n) is 8.62. The second kappa shape index (κ2) is 8.18. The normalized spacial score (nSPS) is 8.38. The first-order chi connectivity index (χ1) is 7.68. The number of rotatable bonds is 3. The van der Waals surface area contributed by atoms with Crippen molar-refractivity contribution in [3.8, 4) is 0 Å². The fourth-order valence-corrected chi connectivity index (χ4v) is 0.830. The standard InChI is InChI=1S/C8H8N2O4.CH4O/c11-8(9-10(12)13)14-6-7-4-2-1-3-5-7;1-2/h1-5H,6H2,(H,9,11);2H,1H3. The third kappa shape index (κ3) is 6.33. The van der Waals surface area contributed by atoms with Crippen LogP contribution in [0, 0.1) is 10.1 Å². The lowest BCUT2D eigenvalue weighted by Gasteiger charge is -2.01. The van der Waals surface area contributed by atoms with Crippen molar-refractivity contribution >= 4 is 6.09 Å². The first-order valence-electron chi connectivity index (χ1n) is 4.25. The number of hydrazine groups is 1. The van der Waals surface area contributed by atoms with Gasteiger partial charge in [0.15, 0.2) is 5.03 Å². The van der Waals surface area contributed by atoms with Gasteiger partial charge in [0.2, 0.25) is 0 Å². The van der Waals surface area contributed by atoms with E-state index in [1.54, 1.807) is 24.3 Å². The van der Waals surface area contributed by atoms with E-state index in [4.69, 9.17) is 5.11 Å². The molecule has 7 heteroatoms. The number of hydrogen-bond acceptors (Lipinski definition) is 5. The molecule has 0 aromatic heterocycles. The lowest BCUT2D eigenvalue weighted by molar-refractivity contribution is -0.530. The van der Waals surface area contributed by atoms with Gasteiger partial charge in [0, 0.05) is 7.11 Å². The topological polar surface area (TPSA) is 102 Å². The van der Waals surface area contributed by atoms with E-state index in [2.05, 4.69) is 4.74 Å². The summed E-state index contributed by atoms with van der Waals surface area (Å²) >= 11 is 0. The predicted octanol–water partition coefficient (Wildman–Crippen LogP) is 0.713. The van der Waals surface area contributed by atoms with Crippen LogP contribution in [0.1, 0.15) is 5.56 Å². The van der Waals surface area contributed by atoms with Crippen LogP contribution in [0.3, 0.4) is 0 Å². The molecule has 0 aliphatic heterocycles. The number of benzene rings is 1. The Morgan fingerprint density at radius 2 is 2.00 bits per heavy atom. The first-order valence-corrected chi connectivity index (χ1v) is 4.25. The van der Waals surface area contributed by atoms with Gasteiger partial charge >= 0.3 is 6.09 Å². The molecular formula is C9H12N2O5. The molecule has 0 aliphatic carbocycles. The Kier molecular flexibility index (Phi) is 7.08. The van der Waals surface area contributed by atoms with Crippen molar-refractivity contribution in [2.45, 2.75) is 6.61 Å². The van der Waals surface area contributed by atoms with Gasteiger partial charge in [-0.1, -0.05) is 30.3 Å². The first kappa shape index (κ1) is 13.8. The van der Waals surface area contributed by atoms with Crippen molar-refractivity contribution in [1.29, 1.82) is 0 Å². The number of ether oxygens (including phenoxy) is 1. The van der Waals surface area contributed by atoms with E-state index >= 15 is 0 Å². The molecule has 0 saturated heterocycles. The van der Waals surface area contributed by atoms with E-state index < -0.39 is 11.1 Å². The van der Waals surface area contributed by atoms with Crippen LogP contribution in [-0.4, -0.2) is 23.3 Å². The van der Waals surface area contributed by atoms with Gasteiger partial charge in [0.05, 0.1) is 0 Å². The van der Waals surface area contributed by atoms with Gasteiger partial charge in [-0.05, 0) is 11.0 Å². The van der Waals surface area contributed by atoms with Crippen molar-refractivity contribution < 1.29 is 19.7 Å². The molecule has 88 valence electrons. The summed E-state index contributed by atoms with van der Waals surface area (Å²) in [4.78, 5) is 20.5. The molecule has 0 saturated carbocycles. The predicted molar refractivity (Wildman–Crippen MR) is 54.9 cm³/mol. The molecule has 1 amide bonds. The third-order valence-electron chi connectivity index (χ3n) is 1.40. The highest BCUT2D eigenvalue weighted by Gasteiger charge is 2.07. The maximum Gasteiger partial charge on any atom is 0.465 e. The molecule has 0 heterocycles. The minimum Gasteiger partial charge on any atom is -0.441 e. The van der Waals surface area contributed by atoms with Gasteiger partial charge in [-0.2, -0.15) is 0 Å². The highest BCUT2D eigenvalue weighted by Crippen LogP contribution is 2.00. The van der Waals surface area contributed by atoms with E-state index in [0.717, 1.165) is 12.7 Å². The van der Waals surface area contributed by atoms with Gasteiger partial charge in [-0.25, -0.2) is 14.9 Å². The number of nitrogens with zero attached hydrogens (tertiary/aromatic N) is 1. The van der Waals surface area contributed by atoms with Crippen molar-refractivity contribution in [3.05, 3.63) is 46.0 Å². The summed E-state index contributed by atoms with van der Waals surface area (Å²) in [7, 11) is 1.00. The molecule has 2 N–H and O–H groups in total. The average Bonchev–Trinajstić information content (AvgIpc) is 2.30. The summed E-state index contributed by atoms with van der Waals surface area (Å²) in [6, 6.07) is 8.88. The van der Waals surface area contributed by atoms with Gasteiger partial charge < -0.3 is 9.84 Å². The van der Waals surface area contributed by atoms with Crippen LogP contribution in [0.2, 0.25) is 0 Å². The summed E-state index contributed by atoms with van der Waals surface area (Å²) in [5.74, 6) is 0. The molecule has 0 aliphatic rings. The number of hydrogen-bond donors (Lipinski definition) is 2. The van der Waals surface area contributed by atoms with Crippen LogP contribution in [0.4, 0.5) is 4.79 Å².